The van der Waals surface area contributed by atoms with Gasteiger partial charge in [-0.1, -0.05) is 25.1 Å². The van der Waals surface area contributed by atoms with Crippen LogP contribution in [0.5, 0.6) is 11.5 Å². The van der Waals surface area contributed by atoms with E-state index in [2.05, 4.69) is 0 Å². The lowest BCUT2D eigenvalue weighted by Gasteiger charge is -2.08. The number of hydrogen-bond donors (Lipinski definition) is 1. The molecule has 0 amide bonds. The van der Waals surface area contributed by atoms with E-state index < -0.39 is 10.1 Å². The molecule has 0 fully saturated rings. The third-order valence-electron chi connectivity index (χ3n) is 2.60. The number of hydrogen-bond acceptors (Lipinski definition) is 4. The van der Waals surface area contributed by atoms with Gasteiger partial charge in [-0.05, 0) is 36.2 Å². The summed E-state index contributed by atoms with van der Waals surface area (Å²) in [5, 5.41) is 9.52. The predicted molar refractivity (Wildman–Crippen MR) is 71.7 cm³/mol. The SMILES string of the molecule is CCc1cc(O)cc(OS(=O)(=O)c2ccccc2)c1. The summed E-state index contributed by atoms with van der Waals surface area (Å²) in [6.45, 7) is 1.91. The van der Waals surface area contributed by atoms with E-state index in [1.54, 1.807) is 30.3 Å². The highest BCUT2D eigenvalue weighted by Crippen LogP contribution is 2.25. The standard InChI is InChI=1S/C14H14O4S/c1-2-11-8-12(15)10-13(9-11)18-19(16,17)14-6-4-3-5-7-14/h3-10,15H,2H2,1H3. The Morgan fingerprint density at radius 3 is 2.42 bits per heavy atom. The first-order chi connectivity index (χ1) is 9.01. The van der Waals surface area contributed by atoms with E-state index in [4.69, 9.17) is 4.18 Å². The van der Waals surface area contributed by atoms with E-state index in [0.29, 0.717) is 6.42 Å². The molecule has 0 atom stereocenters. The number of aryl methyl sites for hydroxylation is 1. The highest BCUT2D eigenvalue weighted by Gasteiger charge is 2.16. The van der Waals surface area contributed by atoms with Crippen molar-refractivity contribution < 1.29 is 17.7 Å². The van der Waals surface area contributed by atoms with Crippen molar-refractivity contribution in [3.63, 3.8) is 0 Å². The average Bonchev–Trinajstić information content (AvgIpc) is 2.38. The van der Waals surface area contributed by atoms with Crippen LogP contribution < -0.4 is 4.18 Å². The summed E-state index contributed by atoms with van der Waals surface area (Å²) in [5.74, 6) is 0.0957. The predicted octanol–water partition coefficient (Wildman–Crippen LogP) is 2.72. The lowest BCUT2D eigenvalue weighted by molar-refractivity contribution is 0.462. The quantitative estimate of drug-likeness (QED) is 0.873. The molecule has 2 rings (SSSR count). The van der Waals surface area contributed by atoms with Crippen LogP contribution in [-0.2, 0) is 16.5 Å². The molecule has 4 nitrogen and oxygen atoms in total. The molecule has 5 heteroatoms. The summed E-state index contributed by atoms with van der Waals surface area (Å²) in [4.78, 5) is 0.0800. The highest BCUT2D eigenvalue weighted by atomic mass is 32.2. The summed E-state index contributed by atoms with van der Waals surface area (Å²) in [5.41, 5.74) is 0.804. The van der Waals surface area contributed by atoms with Gasteiger partial charge in [0.25, 0.3) is 0 Å². The first-order valence-electron chi connectivity index (χ1n) is 5.84. The molecule has 1 N–H and O–H groups in total. The Balaban J connectivity index is 2.33. The van der Waals surface area contributed by atoms with E-state index >= 15 is 0 Å². The van der Waals surface area contributed by atoms with Gasteiger partial charge in [0.1, 0.15) is 16.4 Å². The maximum atomic E-state index is 12.0. The largest absolute Gasteiger partial charge is 0.508 e. The van der Waals surface area contributed by atoms with Crippen molar-refractivity contribution in [1.29, 1.82) is 0 Å². The monoisotopic (exact) mass is 278 g/mol. The zero-order chi connectivity index (χ0) is 13.9. The molecule has 100 valence electrons. The normalized spacial score (nSPS) is 11.2. The zero-order valence-electron chi connectivity index (χ0n) is 10.4. The summed E-state index contributed by atoms with van der Waals surface area (Å²) in [6, 6.07) is 12.3. The Labute approximate surface area is 112 Å². The van der Waals surface area contributed by atoms with E-state index in [0.717, 1.165) is 5.56 Å². The van der Waals surface area contributed by atoms with Gasteiger partial charge < -0.3 is 9.29 Å². The van der Waals surface area contributed by atoms with E-state index in [1.165, 1.54) is 18.2 Å². The van der Waals surface area contributed by atoms with Crippen molar-refractivity contribution >= 4 is 10.1 Å². The number of benzene rings is 2. The second kappa shape index (κ2) is 5.32. The van der Waals surface area contributed by atoms with Crippen LogP contribution in [-0.4, -0.2) is 13.5 Å². The lowest BCUT2D eigenvalue weighted by Crippen LogP contribution is -2.09. The number of phenols is 1. The summed E-state index contributed by atoms with van der Waals surface area (Å²) in [6.07, 6.45) is 0.677. The van der Waals surface area contributed by atoms with Crippen LogP contribution in [0.1, 0.15) is 12.5 Å². The van der Waals surface area contributed by atoms with Gasteiger partial charge in [-0.25, -0.2) is 0 Å². The van der Waals surface area contributed by atoms with Crippen molar-refractivity contribution in [2.24, 2.45) is 0 Å². The fourth-order valence-electron chi connectivity index (χ4n) is 1.66. The Kier molecular flexibility index (Phi) is 3.76. The van der Waals surface area contributed by atoms with Gasteiger partial charge in [0.05, 0.1) is 0 Å². The fraction of sp³-hybridized carbons (Fsp3) is 0.143. The molecule has 0 saturated carbocycles. The topological polar surface area (TPSA) is 63.6 Å². The molecule has 2 aromatic rings. The van der Waals surface area contributed by atoms with E-state index in [-0.39, 0.29) is 16.4 Å². The highest BCUT2D eigenvalue weighted by molar-refractivity contribution is 7.87. The first-order valence-corrected chi connectivity index (χ1v) is 7.24. The van der Waals surface area contributed by atoms with Gasteiger partial charge in [-0.3, -0.25) is 0 Å². The van der Waals surface area contributed by atoms with Crippen LogP contribution in [0.2, 0.25) is 0 Å². The van der Waals surface area contributed by atoms with Crippen molar-refractivity contribution in [3.8, 4) is 11.5 Å². The Bertz CT molecular complexity index is 663. The molecule has 0 heterocycles. The Hall–Kier alpha value is -2.01. The van der Waals surface area contributed by atoms with Crippen molar-refractivity contribution in [2.75, 3.05) is 0 Å². The number of rotatable bonds is 4. The molecule has 0 bridgehead atoms. The lowest BCUT2D eigenvalue weighted by atomic mass is 10.1. The summed E-state index contributed by atoms with van der Waals surface area (Å²) < 4.78 is 29.0. The molecule has 0 radical (unpaired) electrons. The third-order valence-corrected chi connectivity index (χ3v) is 3.86. The second-order valence-electron chi connectivity index (χ2n) is 4.04. The molecule has 0 spiro atoms. The minimum atomic E-state index is -3.87. The van der Waals surface area contributed by atoms with E-state index in [9.17, 15) is 13.5 Å². The number of phenolic OH excluding ortho intramolecular Hbond substituents is 1. The molecular weight excluding hydrogens is 264 g/mol. The maximum absolute atomic E-state index is 12.0. The number of aromatic hydroxyl groups is 1. The Morgan fingerprint density at radius 2 is 1.79 bits per heavy atom. The van der Waals surface area contributed by atoms with Crippen LogP contribution in [0.4, 0.5) is 0 Å². The molecule has 0 saturated heterocycles. The summed E-state index contributed by atoms with van der Waals surface area (Å²) in [7, 11) is -3.87. The van der Waals surface area contributed by atoms with Gasteiger partial charge in [0, 0.05) is 6.07 Å². The van der Waals surface area contributed by atoms with E-state index in [1.807, 2.05) is 6.92 Å². The van der Waals surface area contributed by atoms with Crippen molar-refractivity contribution in [2.45, 2.75) is 18.2 Å². The van der Waals surface area contributed by atoms with Crippen LogP contribution in [0.3, 0.4) is 0 Å². The molecule has 0 aliphatic carbocycles. The van der Waals surface area contributed by atoms with Crippen molar-refractivity contribution in [1.82, 2.24) is 0 Å². The smallest absolute Gasteiger partial charge is 0.339 e. The molecule has 0 aromatic heterocycles. The minimum Gasteiger partial charge on any atom is -0.508 e. The molecule has 0 aliphatic heterocycles. The van der Waals surface area contributed by atoms with Crippen LogP contribution in [0.15, 0.2) is 53.4 Å². The van der Waals surface area contributed by atoms with Crippen molar-refractivity contribution in [3.05, 3.63) is 54.1 Å². The van der Waals surface area contributed by atoms with Gasteiger partial charge in [0.2, 0.25) is 0 Å². The first kappa shape index (κ1) is 13.4. The second-order valence-corrected chi connectivity index (χ2v) is 5.59. The fourth-order valence-corrected chi connectivity index (χ4v) is 2.59. The molecule has 2 aromatic carbocycles. The maximum Gasteiger partial charge on any atom is 0.339 e. The minimum absolute atomic E-state index is 0.0161. The van der Waals surface area contributed by atoms with Gasteiger partial charge in [-0.15, -0.1) is 0 Å². The molecule has 0 aliphatic rings. The van der Waals surface area contributed by atoms with Crippen LogP contribution in [0.25, 0.3) is 0 Å². The summed E-state index contributed by atoms with van der Waals surface area (Å²) >= 11 is 0. The van der Waals surface area contributed by atoms with Gasteiger partial charge >= 0.3 is 10.1 Å². The molecule has 0 unspecified atom stereocenters. The third kappa shape index (κ3) is 3.26. The molecule has 19 heavy (non-hydrogen) atoms. The van der Waals surface area contributed by atoms with Gasteiger partial charge in [0.15, 0.2) is 0 Å². The van der Waals surface area contributed by atoms with Crippen LogP contribution >= 0.6 is 0 Å². The zero-order valence-corrected chi connectivity index (χ0v) is 11.2. The average molecular weight is 278 g/mol. The van der Waals surface area contributed by atoms with Crippen LogP contribution in [0, 0.1) is 0 Å². The molecular formula is C14H14O4S. The Morgan fingerprint density at radius 1 is 1.11 bits per heavy atom. The van der Waals surface area contributed by atoms with Gasteiger partial charge in [-0.2, -0.15) is 8.42 Å².